The number of hydrogen-bond acceptors (Lipinski definition) is 6. The Balaban J connectivity index is 1.84. The third-order valence-electron chi connectivity index (χ3n) is 5.44. The Morgan fingerprint density at radius 3 is 2.39 bits per heavy atom. The third-order valence-corrected chi connectivity index (χ3v) is 5.44. The van der Waals surface area contributed by atoms with Crippen LogP contribution in [0.2, 0.25) is 0 Å². The maximum atomic E-state index is 13.3. The van der Waals surface area contributed by atoms with Crippen molar-refractivity contribution in [3.05, 3.63) is 70.4 Å². The number of nitrogens with zero attached hydrogens (tertiary/aromatic N) is 4. The zero-order valence-corrected chi connectivity index (χ0v) is 19.1. The van der Waals surface area contributed by atoms with Gasteiger partial charge in [0.1, 0.15) is 28.7 Å². The summed E-state index contributed by atoms with van der Waals surface area (Å²) in [7, 11) is 2.95. The molecule has 0 saturated carbocycles. The van der Waals surface area contributed by atoms with Crippen molar-refractivity contribution in [2.75, 3.05) is 19.5 Å². The lowest BCUT2D eigenvalue weighted by molar-refractivity contribution is 0.102. The van der Waals surface area contributed by atoms with E-state index in [-0.39, 0.29) is 16.9 Å². The minimum atomic E-state index is -0.494. The summed E-state index contributed by atoms with van der Waals surface area (Å²) >= 11 is 0. The molecule has 0 aliphatic heterocycles. The average molecular weight is 441 g/mol. The predicted octanol–water partition coefficient (Wildman–Crippen LogP) is 4.49. The first kappa shape index (κ1) is 21.8. The second-order valence-electron chi connectivity index (χ2n) is 7.70. The summed E-state index contributed by atoms with van der Waals surface area (Å²) in [6, 6.07) is 13.2. The number of nitriles is 1. The Bertz CT molecular complexity index is 1410. The summed E-state index contributed by atoms with van der Waals surface area (Å²) in [6.45, 7) is 6.05. The first-order chi connectivity index (χ1) is 15.9. The van der Waals surface area contributed by atoms with E-state index < -0.39 is 5.91 Å². The monoisotopic (exact) mass is 441 g/mol. The van der Waals surface area contributed by atoms with Gasteiger partial charge in [-0.1, -0.05) is 17.7 Å². The van der Waals surface area contributed by atoms with Gasteiger partial charge in [-0.05, 0) is 56.2 Å². The summed E-state index contributed by atoms with van der Waals surface area (Å²) in [6.07, 6.45) is 1.40. The van der Waals surface area contributed by atoms with Gasteiger partial charge in [0.05, 0.1) is 25.9 Å². The molecule has 0 atom stereocenters. The van der Waals surface area contributed by atoms with Crippen molar-refractivity contribution in [3.8, 4) is 23.4 Å². The van der Waals surface area contributed by atoms with E-state index in [1.165, 1.54) is 25.1 Å². The van der Waals surface area contributed by atoms with E-state index in [1.54, 1.807) is 18.2 Å². The van der Waals surface area contributed by atoms with Gasteiger partial charge in [-0.15, -0.1) is 0 Å². The molecule has 2 aromatic carbocycles. The lowest BCUT2D eigenvalue weighted by Crippen LogP contribution is -2.18. The molecule has 0 bridgehead atoms. The van der Waals surface area contributed by atoms with Crippen molar-refractivity contribution < 1.29 is 14.3 Å². The molecule has 33 heavy (non-hydrogen) atoms. The fourth-order valence-corrected chi connectivity index (χ4v) is 3.90. The van der Waals surface area contributed by atoms with Gasteiger partial charge in [0.25, 0.3) is 5.91 Å². The van der Waals surface area contributed by atoms with Crippen molar-refractivity contribution in [3.63, 3.8) is 0 Å². The van der Waals surface area contributed by atoms with Crippen LogP contribution in [0.15, 0.2) is 42.6 Å². The van der Waals surface area contributed by atoms with Gasteiger partial charge >= 0.3 is 0 Å². The second kappa shape index (κ2) is 8.63. The summed E-state index contributed by atoms with van der Waals surface area (Å²) in [5.74, 6) is 0.915. The molecule has 0 fully saturated rings. The van der Waals surface area contributed by atoms with Crippen molar-refractivity contribution in [2.45, 2.75) is 20.8 Å². The quantitative estimate of drug-likeness (QED) is 0.490. The Labute approximate surface area is 191 Å². The Kier molecular flexibility index (Phi) is 5.71. The number of anilines is 1. The normalized spacial score (nSPS) is 10.7. The van der Waals surface area contributed by atoms with Gasteiger partial charge in [-0.2, -0.15) is 15.0 Å². The van der Waals surface area contributed by atoms with Crippen molar-refractivity contribution in [1.29, 1.82) is 5.26 Å². The number of carbonyl (C=O) groups is 1. The average Bonchev–Trinajstić information content (AvgIpc) is 3.21. The number of nitrogens with one attached hydrogen (secondary N) is 1. The number of methoxy groups -OCH3 is 2. The van der Waals surface area contributed by atoms with E-state index in [1.807, 2.05) is 26.8 Å². The number of carbonyl (C=O) groups excluding carboxylic acids is 1. The number of ether oxygens (including phenoxy) is 2. The van der Waals surface area contributed by atoms with E-state index in [4.69, 9.17) is 14.5 Å². The molecule has 0 aliphatic rings. The molecule has 0 aliphatic carbocycles. The zero-order chi connectivity index (χ0) is 23.7. The number of hydrogen-bond donors (Lipinski definition) is 1. The van der Waals surface area contributed by atoms with Crippen LogP contribution in [0.5, 0.6) is 11.5 Å². The molecule has 4 aromatic rings. The maximum absolute atomic E-state index is 13.3. The van der Waals surface area contributed by atoms with Gasteiger partial charge in [-0.3, -0.25) is 4.79 Å². The number of aromatic nitrogens is 3. The zero-order valence-electron chi connectivity index (χ0n) is 19.1. The Morgan fingerprint density at radius 2 is 1.76 bits per heavy atom. The molecule has 0 radical (unpaired) electrons. The van der Waals surface area contributed by atoms with Gasteiger partial charge in [0.15, 0.2) is 11.6 Å². The standard InChI is InChI=1S/C25H23N5O3/c1-14-9-16(3)23-18(10-14)15(2)11-21(28-23)30-24(17(12-26)13-27-30)29-25(31)22-19(32-4)7-6-8-20(22)33-5/h6-11,13H,1-5H3,(H,29,31). The summed E-state index contributed by atoms with van der Waals surface area (Å²) in [5.41, 5.74) is 4.47. The number of amides is 1. The van der Waals surface area contributed by atoms with Crippen LogP contribution < -0.4 is 14.8 Å². The highest BCUT2D eigenvalue weighted by Gasteiger charge is 2.23. The Morgan fingerprint density at radius 1 is 1.06 bits per heavy atom. The summed E-state index contributed by atoms with van der Waals surface area (Å²) in [5, 5.41) is 17.8. The SMILES string of the molecule is COc1cccc(OC)c1C(=O)Nc1c(C#N)cnn1-c1cc(C)c2cc(C)cc(C)c2n1. The predicted molar refractivity (Wildman–Crippen MR) is 125 cm³/mol. The van der Waals surface area contributed by atoms with E-state index in [0.717, 1.165) is 27.6 Å². The molecule has 1 N–H and O–H groups in total. The minimum absolute atomic E-state index is 0.206. The smallest absolute Gasteiger partial charge is 0.264 e. The molecule has 8 heteroatoms. The largest absolute Gasteiger partial charge is 0.496 e. The van der Waals surface area contributed by atoms with Crippen LogP contribution in [0.1, 0.15) is 32.6 Å². The van der Waals surface area contributed by atoms with Crippen LogP contribution in [0.3, 0.4) is 0 Å². The number of pyridine rings is 1. The molecule has 2 aromatic heterocycles. The molecule has 1 amide bonds. The van der Waals surface area contributed by atoms with Crippen molar-refractivity contribution in [2.24, 2.45) is 0 Å². The molecular weight excluding hydrogens is 418 g/mol. The van der Waals surface area contributed by atoms with Crippen LogP contribution in [-0.4, -0.2) is 34.9 Å². The topological polar surface area (TPSA) is 102 Å². The summed E-state index contributed by atoms with van der Waals surface area (Å²) < 4.78 is 12.2. The minimum Gasteiger partial charge on any atom is -0.496 e. The first-order valence-corrected chi connectivity index (χ1v) is 10.3. The third kappa shape index (κ3) is 3.85. The highest BCUT2D eigenvalue weighted by molar-refractivity contribution is 6.08. The number of fused-ring (bicyclic) bond motifs is 1. The second-order valence-corrected chi connectivity index (χ2v) is 7.70. The fraction of sp³-hybridized carbons (Fsp3) is 0.200. The van der Waals surface area contributed by atoms with E-state index in [0.29, 0.717) is 17.3 Å². The highest BCUT2D eigenvalue weighted by Crippen LogP contribution is 2.31. The van der Waals surface area contributed by atoms with Crippen molar-refractivity contribution >= 4 is 22.6 Å². The van der Waals surface area contributed by atoms with E-state index in [9.17, 15) is 10.1 Å². The summed E-state index contributed by atoms with van der Waals surface area (Å²) in [4.78, 5) is 18.0. The van der Waals surface area contributed by atoms with Crippen LogP contribution in [0, 0.1) is 32.1 Å². The highest BCUT2D eigenvalue weighted by atomic mass is 16.5. The molecule has 166 valence electrons. The van der Waals surface area contributed by atoms with Crippen LogP contribution >= 0.6 is 0 Å². The number of rotatable bonds is 5. The molecule has 2 heterocycles. The molecule has 0 saturated heterocycles. The first-order valence-electron chi connectivity index (χ1n) is 10.3. The van der Waals surface area contributed by atoms with Gasteiger partial charge in [-0.25, -0.2) is 4.98 Å². The molecular formula is C25H23N5O3. The maximum Gasteiger partial charge on any atom is 0.264 e. The van der Waals surface area contributed by atoms with Gasteiger partial charge in [0, 0.05) is 5.39 Å². The van der Waals surface area contributed by atoms with E-state index >= 15 is 0 Å². The number of aryl methyl sites for hydroxylation is 3. The lowest BCUT2D eigenvalue weighted by atomic mass is 10.0. The Hall–Kier alpha value is -4.38. The van der Waals surface area contributed by atoms with Crippen LogP contribution in [0.4, 0.5) is 5.82 Å². The van der Waals surface area contributed by atoms with Crippen LogP contribution in [-0.2, 0) is 0 Å². The fourth-order valence-electron chi connectivity index (χ4n) is 3.90. The van der Waals surface area contributed by atoms with Gasteiger partial charge < -0.3 is 14.8 Å². The molecule has 4 rings (SSSR count). The molecule has 0 unspecified atom stereocenters. The van der Waals surface area contributed by atoms with Crippen LogP contribution in [0.25, 0.3) is 16.7 Å². The lowest BCUT2D eigenvalue weighted by Gasteiger charge is -2.15. The molecule has 8 nitrogen and oxygen atoms in total. The molecule has 0 spiro atoms. The number of benzene rings is 2. The van der Waals surface area contributed by atoms with Gasteiger partial charge in [0.2, 0.25) is 0 Å². The van der Waals surface area contributed by atoms with Crippen molar-refractivity contribution in [1.82, 2.24) is 14.8 Å². The van der Waals surface area contributed by atoms with E-state index in [2.05, 4.69) is 28.6 Å².